The number of carboxylic acid groups (broad SMARTS) is 1. The number of hydrogen-bond acceptors (Lipinski definition) is 11. The van der Waals surface area contributed by atoms with Crippen molar-refractivity contribution in [3.05, 3.63) is 108 Å². The summed E-state index contributed by atoms with van der Waals surface area (Å²) in [6, 6.07) is 32.5. The molecular formula is C48H64N4O8. The summed E-state index contributed by atoms with van der Waals surface area (Å²) in [4.78, 5) is 28.0. The maximum absolute atomic E-state index is 12.0. The van der Waals surface area contributed by atoms with Gasteiger partial charge in [0.05, 0.1) is 31.1 Å². The lowest BCUT2D eigenvalue weighted by atomic mass is 10.1. The molecule has 6 rings (SSSR count). The number of rotatable bonds is 21. The zero-order valence-electron chi connectivity index (χ0n) is 35.9. The van der Waals surface area contributed by atoms with Gasteiger partial charge in [-0.15, -0.1) is 0 Å². The summed E-state index contributed by atoms with van der Waals surface area (Å²) in [5, 5.41) is 16.1. The fourth-order valence-electron chi connectivity index (χ4n) is 7.40. The van der Waals surface area contributed by atoms with Crippen LogP contribution in [-0.2, 0) is 36.6 Å². The van der Waals surface area contributed by atoms with Crippen LogP contribution in [0.3, 0.4) is 0 Å². The predicted octanol–water partition coefficient (Wildman–Crippen LogP) is 8.10. The van der Waals surface area contributed by atoms with E-state index in [2.05, 4.69) is 64.6 Å². The van der Waals surface area contributed by atoms with E-state index in [9.17, 15) is 14.7 Å². The standard InChI is InChI=1S/C25H34N2O4.C23H30N2O4/c1-4-29-24(25(28)30-5-2)17-20-11-13-21(14-12-20)26-15-8-16-27-18-19(3)31-23-10-7-6-9-22(23)27;1-3-28-22(23(26)27)15-18-9-11-19(12-10-18)24-13-6-14-25-16-17(2)29-21-8-5-4-7-20(21)25/h6-7,9-14,19,24,26H,4-5,8,15-18H2,1-3H3;4-5,7-12,17,22,24H,3,6,13-16H2,1-2H3,(H,26,27). The topological polar surface area (TPSA) is 131 Å². The first-order chi connectivity index (χ1) is 29.2. The van der Waals surface area contributed by atoms with Crippen molar-refractivity contribution in [2.24, 2.45) is 0 Å². The molecule has 4 unspecified atom stereocenters. The zero-order valence-corrected chi connectivity index (χ0v) is 35.9. The van der Waals surface area contributed by atoms with Crippen LogP contribution in [0.1, 0.15) is 58.6 Å². The van der Waals surface area contributed by atoms with Crippen molar-refractivity contribution < 1.29 is 38.4 Å². The SMILES string of the molecule is CCOC(=O)C(Cc1ccc(NCCCN2CC(C)Oc3ccccc32)cc1)OCC.CCOC(Cc1ccc(NCCCN2CC(C)Oc3ccccc32)cc1)C(=O)O. The predicted molar refractivity (Wildman–Crippen MR) is 239 cm³/mol. The molecule has 0 amide bonds. The molecule has 0 bridgehead atoms. The molecule has 60 heavy (non-hydrogen) atoms. The van der Waals surface area contributed by atoms with Crippen LogP contribution >= 0.6 is 0 Å². The lowest BCUT2D eigenvalue weighted by molar-refractivity contribution is -0.156. The second-order valence-electron chi connectivity index (χ2n) is 15.0. The van der Waals surface area contributed by atoms with Gasteiger partial charge >= 0.3 is 11.9 Å². The Morgan fingerprint density at radius 1 is 0.650 bits per heavy atom. The van der Waals surface area contributed by atoms with Crippen molar-refractivity contribution in [3.63, 3.8) is 0 Å². The van der Waals surface area contributed by atoms with Gasteiger partial charge in [-0.05, 0) is 107 Å². The number of hydrogen-bond donors (Lipinski definition) is 3. The molecule has 2 heterocycles. The minimum atomic E-state index is -0.923. The smallest absolute Gasteiger partial charge is 0.335 e. The highest BCUT2D eigenvalue weighted by Crippen LogP contribution is 2.34. The van der Waals surface area contributed by atoms with Crippen molar-refractivity contribution in [3.8, 4) is 11.5 Å². The fourth-order valence-corrected chi connectivity index (χ4v) is 7.40. The Bertz CT molecular complexity index is 1890. The summed E-state index contributed by atoms with van der Waals surface area (Å²) >= 11 is 0. The van der Waals surface area contributed by atoms with Crippen molar-refractivity contribution in [1.29, 1.82) is 0 Å². The number of ether oxygens (including phenoxy) is 5. The van der Waals surface area contributed by atoms with E-state index in [1.54, 1.807) is 13.8 Å². The highest BCUT2D eigenvalue weighted by molar-refractivity contribution is 5.75. The second kappa shape index (κ2) is 24.0. The van der Waals surface area contributed by atoms with Gasteiger partial charge in [-0.1, -0.05) is 48.5 Å². The molecule has 4 aromatic rings. The number of para-hydroxylation sites is 4. The van der Waals surface area contributed by atoms with E-state index in [-0.39, 0.29) is 18.2 Å². The highest BCUT2D eigenvalue weighted by Gasteiger charge is 2.24. The Morgan fingerprint density at radius 3 is 1.52 bits per heavy atom. The van der Waals surface area contributed by atoms with E-state index >= 15 is 0 Å². The molecule has 324 valence electrons. The van der Waals surface area contributed by atoms with Crippen LogP contribution < -0.4 is 29.9 Å². The molecule has 4 aromatic carbocycles. The number of fused-ring (bicyclic) bond motifs is 2. The number of anilines is 4. The Morgan fingerprint density at radius 2 is 1.08 bits per heavy atom. The van der Waals surface area contributed by atoms with Crippen LogP contribution in [0.25, 0.3) is 0 Å². The van der Waals surface area contributed by atoms with Crippen molar-refractivity contribution in [1.82, 2.24) is 0 Å². The van der Waals surface area contributed by atoms with Crippen LogP contribution in [0.4, 0.5) is 22.7 Å². The van der Waals surface area contributed by atoms with Crippen molar-refractivity contribution >= 4 is 34.7 Å². The summed E-state index contributed by atoms with van der Waals surface area (Å²) in [7, 11) is 0. The number of carbonyl (C=O) groups is 2. The monoisotopic (exact) mass is 824 g/mol. The molecule has 12 nitrogen and oxygen atoms in total. The number of carboxylic acids is 1. The summed E-state index contributed by atoms with van der Waals surface area (Å²) in [6.45, 7) is 16.4. The van der Waals surface area contributed by atoms with E-state index in [4.69, 9.17) is 23.7 Å². The zero-order chi connectivity index (χ0) is 42.7. The number of carbonyl (C=O) groups excluding carboxylic acids is 1. The van der Waals surface area contributed by atoms with Crippen LogP contribution in [0, 0.1) is 0 Å². The van der Waals surface area contributed by atoms with Crippen LogP contribution in [0.5, 0.6) is 11.5 Å². The van der Waals surface area contributed by atoms with Gasteiger partial charge in [-0.25, -0.2) is 9.59 Å². The average molecular weight is 825 g/mol. The molecule has 3 N–H and O–H groups in total. The lowest BCUT2D eigenvalue weighted by Gasteiger charge is -2.35. The van der Waals surface area contributed by atoms with E-state index in [1.165, 1.54) is 5.69 Å². The molecule has 0 aromatic heterocycles. The molecule has 0 saturated carbocycles. The maximum Gasteiger partial charge on any atom is 0.335 e. The third-order valence-corrected chi connectivity index (χ3v) is 10.2. The molecule has 2 aliphatic rings. The molecule has 12 heteroatoms. The van der Waals surface area contributed by atoms with E-state index in [0.717, 1.165) is 91.8 Å². The van der Waals surface area contributed by atoms with Crippen LogP contribution in [0.2, 0.25) is 0 Å². The minimum absolute atomic E-state index is 0.191. The largest absolute Gasteiger partial charge is 0.487 e. The molecule has 2 aliphatic heterocycles. The first kappa shape index (κ1) is 45.6. The minimum Gasteiger partial charge on any atom is -0.487 e. The molecule has 4 atom stereocenters. The van der Waals surface area contributed by atoms with Gasteiger partial charge in [0.25, 0.3) is 0 Å². The van der Waals surface area contributed by atoms with Gasteiger partial charge in [0, 0.05) is 63.6 Å². The van der Waals surface area contributed by atoms with Gasteiger partial charge < -0.3 is 49.2 Å². The first-order valence-corrected chi connectivity index (χ1v) is 21.5. The number of nitrogens with one attached hydrogen (secondary N) is 2. The Hall–Kier alpha value is -5.46. The van der Waals surface area contributed by atoms with Gasteiger partial charge in [-0.2, -0.15) is 0 Å². The van der Waals surface area contributed by atoms with Crippen LogP contribution in [-0.4, -0.2) is 101 Å². The molecule has 0 spiro atoms. The summed E-state index contributed by atoms with van der Waals surface area (Å²) < 4.78 is 27.8. The van der Waals surface area contributed by atoms with Crippen molar-refractivity contribution in [2.75, 3.05) is 79.5 Å². The Balaban J connectivity index is 0.000000228. The van der Waals surface area contributed by atoms with E-state index < -0.39 is 18.2 Å². The van der Waals surface area contributed by atoms with Gasteiger partial charge in [-0.3, -0.25) is 0 Å². The van der Waals surface area contributed by atoms with Crippen molar-refractivity contribution in [2.45, 2.75) is 84.7 Å². The number of benzene rings is 4. The van der Waals surface area contributed by atoms with E-state index in [1.807, 2.05) is 73.7 Å². The average Bonchev–Trinajstić information content (AvgIpc) is 3.24. The van der Waals surface area contributed by atoms with Crippen LogP contribution in [0.15, 0.2) is 97.1 Å². The molecular weight excluding hydrogens is 761 g/mol. The number of aliphatic carboxylic acids is 1. The molecule has 0 saturated heterocycles. The summed E-state index contributed by atoms with van der Waals surface area (Å²) in [5.41, 5.74) is 6.45. The molecule has 0 aliphatic carbocycles. The molecule has 0 fully saturated rings. The quantitative estimate of drug-likeness (QED) is 0.0555. The van der Waals surface area contributed by atoms with Gasteiger partial charge in [0.1, 0.15) is 23.7 Å². The van der Waals surface area contributed by atoms with E-state index in [0.29, 0.717) is 32.7 Å². The number of esters is 1. The third-order valence-electron chi connectivity index (χ3n) is 10.2. The lowest BCUT2D eigenvalue weighted by Crippen LogP contribution is -2.39. The normalized spacial score (nSPS) is 16.4. The number of nitrogens with zero attached hydrogens (tertiary/aromatic N) is 2. The molecule has 0 radical (unpaired) electrons. The second-order valence-corrected chi connectivity index (χ2v) is 15.0. The highest BCUT2D eigenvalue weighted by atomic mass is 16.6. The Labute approximate surface area is 356 Å². The van der Waals surface area contributed by atoms with Gasteiger partial charge in [0.15, 0.2) is 12.2 Å². The first-order valence-electron chi connectivity index (χ1n) is 21.5. The van der Waals surface area contributed by atoms with Gasteiger partial charge in [0.2, 0.25) is 0 Å². The maximum atomic E-state index is 12.0. The summed E-state index contributed by atoms with van der Waals surface area (Å²) in [5.74, 6) is 0.707. The fraction of sp³-hybridized carbons (Fsp3) is 0.458. The Kier molecular flexibility index (Phi) is 18.2. The third kappa shape index (κ3) is 14.1. The summed E-state index contributed by atoms with van der Waals surface area (Å²) in [6.07, 6.45) is 1.97.